The number of Topliss-reactive ketones (excluding diaryl/α,β-unsaturated/α-hetero) is 1. The summed E-state index contributed by atoms with van der Waals surface area (Å²) in [5.74, 6) is -0.217. The molecule has 0 bridgehead atoms. The summed E-state index contributed by atoms with van der Waals surface area (Å²) in [7, 11) is 0. The smallest absolute Gasteiger partial charge is 0.270 e. The monoisotopic (exact) mass is 211 g/mol. The van der Waals surface area contributed by atoms with Crippen molar-refractivity contribution in [2.24, 2.45) is 0 Å². The van der Waals surface area contributed by atoms with Gasteiger partial charge in [0.15, 0.2) is 5.78 Å². The molecule has 72 valence electrons. The topological polar surface area (TPSA) is 60.2 Å². The lowest BCUT2D eigenvalue weighted by Gasteiger charge is -1.95. The van der Waals surface area contributed by atoms with E-state index in [0.717, 1.165) is 5.56 Å². The minimum atomic E-state index is -0.563. The third kappa shape index (κ3) is 1.28. The summed E-state index contributed by atoms with van der Waals surface area (Å²) >= 11 is 5.74. The standard InChI is InChI=1S/C9H6ClNO3/c10-8-3-5-1-2-6(11(13)14)4-7(5)9(8)12/h1-2,4,8H,3H2. The number of carbonyl (C=O) groups excluding carboxylic acids is 1. The molecule has 2 rings (SSSR count). The number of alkyl halides is 1. The van der Waals surface area contributed by atoms with Gasteiger partial charge in [-0.3, -0.25) is 14.9 Å². The van der Waals surface area contributed by atoms with Gasteiger partial charge >= 0.3 is 0 Å². The van der Waals surface area contributed by atoms with Gasteiger partial charge in [-0.05, 0) is 12.0 Å². The van der Waals surface area contributed by atoms with Crippen LogP contribution in [-0.2, 0) is 6.42 Å². The van der Waals surface area contributed by atoms with Gasteiger partial charge in [-0.25, -0.2) is 0 Å². The van der Waals surface area contributed by atoms with Crippen molar-refractivity contribution in [1.82, 2.24) is 0 Å². The highest BCUT2D eigenvalue weighted by Gasteiger charge is 2.30. The van der Waals surface area contributed by atoms with Crippen molar-refractivity contribution in [2.45, 2.75) is 11.8 Å². The molecule has 4 nitrogen and oxygen atoms in total. The second kappa shape index (κ2) is 3.06. The molecule has 1 unspecified atom stereocenters. The number of benzene rings is 1. The lowest BCUT2D eigenvalue weighted by atomic mass is 10.1. The van der Waals surface area contributed by atoms with Crippen LogP contribution in [-0.4, -0.2) is 16.1 Å². The summed E-state index contributed by atoms with van der Waals surface area (Å²) < 4.78 is 0. The number of hydrogen-bond acceptors (Lipinski definition) is 3. The molecule has 5 heteroatoms. The van der Waals surface area contributed by atoms with Gasteiger partial charge in [0.1, 0.15) is 5.38 Å². The predicted octanol–water partition coefficient (Wildman–Crippen LogP) is 1.94. The van der Waals surface area contributed by atoms with E-state index in [2.05, 4.69) is 0 Å². The van der Waals surface area contributed by atoms with E-state index in [9.17, 15) is 14.9 Å². The van der Waals surface area contributed by atoms with Crippen molar-refractivity contribution in [1.29, 1.82) is 0 Å². The third-order valence-electron chi connectivity index (χ3n) is 2.25. The largest absolute Gasteiger partial charge is 0.292 e. The van der Waals surface area contributed by atoms with Crippen LogP contribution in [0.2, 0.25) is 0 Å². The van der Waals surface area contributed by atoms with Crippen molar-refractivity contribution in [3.05, 3.63) is 39.4 Å². The zero-order valence-corrected chi connectivity index (χ0v) is 7.82. The highest BCUT2D eigenvalue weighted by Crippen LogP contribution is 2.28. The Hall–Kier alpha value is -1.42. The second-order valence-corrected chi connectivity index (χ2v) is 3.66. The van der Waals surface area contributed by atoms with Gasteiger partial charge in [0, 0.05) is 17.7 Å². The molecule has 0 amide bonds. The molecule has 14 heavy (non-hydrogen) atoms. The highest BCUT2D eigenvalue weighted by atomic mass is 35.5. The lowest BCUT2D eigenvalue weighted by Crippen LogP contribution is -2.06. The molecule has 0 spiro atoms. The summed E-state index contributed by atoms with van der Waals surface area (Å²) in [6, 6.07) is 4.27. The first kappa shape index (κ1) is 9.15. The van der Waals surface area contributed by atoms with Gasteiger partial charge in [0.2, 0.25) is 0 Å². The Balaban J connectivity index is 2.51. The third-order valence-corrected chi connectivity index (χ3v) is 2.61. The fourth-order valence-corrected chi connectivity index (χ4v) is 1.82. The Morgan fingerprint density at radius 2 is 2.21 bits per heavy atom. The van der Waals surface area contributed by atoms with E-state index in [4.69, 9.17) is 11.6 Å². The van der Waals surface area contributed by atoms with Crippen LogP contribution in [0.25, 0.3) is 0 Å². The molecule has 1 aliphatic rings. The van der Waals surface area contributed by atoms with Crippen LogP contribution in [0.4, 0.5) is 5.69 Å². The summed E-state index contributed by atoms with van der Waals surface area (Å²) in [6.07, 6.45) is 0.466. The average molecular weight is 212 g/mol. The predicted molar refractivity (Wildman–Crippen MR) is 50.8 cm³/mol. The Kier molecular flexibility index (Phi) is 2.00. The molecular weight excluding hydrogens is 206 g/mol. The zero-order chi connectivity index (χ0) is 10.3. The molecule has 1 aromatic rings. The molecule has 1 aromatic carbocycles. The van der Waals surface area contributed by atoms with Gasteiger partial charge in [-0.1, -0.05) is 6.07 Å². The van der Waals surface area contributed by atoms with Crippen molar-refractivity contribution >= 4 is 23.1 Å². The van der Waals surface area contributed by atoms with Gasteiger partial charge in [0.25, 0.3) is 5.69 Å². The number of non-ortho nitro benzene ring substituents is 1. The van der Waals surface area contributed by atoms with Crippen LogP contribution >= 0.6 is 11.6 Å². The second-order valence-electron chi connectivity index (χ2n) is 3.13. The van der Waals surface area contributed by atoms with E-state index in [-0.39, 0.29) is 11.5 Å². The van der Waals surface area contributed by atoms with Crippen molar-refractivity contribution in [2.75, 3.05) is 0 Å². The minimum Gasteiger partial charge on any atom is -0.292 e. The highest BCUT2D eigenvalue weighted by molar-refractivity contribution is 6.35. The molecule has 0 fully saturated rings. The first-order valence-corrected chi connectivity index (χ1v) is 4.49. The summed E-state index contributed by atoms with van der Waals surface area (Å²) in [5, 5.41) is 9.89. The SMILES string of the molecule is O=C1c2cc([N+](=O)[O-])ccc2CC1Cl. The molecule has 1 atom stereocenters. The summed E-state index contributed by atoms with van der Waals surface area (Å²) in [6.45, 7) is 0. The number of fused-ring (bicyclic) bond motifs is 1. The van der Waals surface area contributed by atoms with Crippen molar-refractivity contribution in [3.8, 4) is 0 Å². The maximum absolute atomic E-state index is 11.4. The van der Waals surface area contributed by atoms with E-state index in [0.29, 0.717) is 12.0 Å². The van der Waals surface area contributed by atoms with Crippen LogP contribution < -0.4 is 0 Å². The van der Waals surface area contributed by atoms with Crippen LogP contribution in [0.3, 0.4) is 0 Å². The Morgan fingerprint density at radius 1 is 1.50 bits per heavy atom. The Labute approximate surface area is 84.6 Å². The van der Waals surface area contributed by atoms with Crippen LogP contribution in [0.5, 0.6) is 0 Å². The number of rotatable bonds is 1. The number of nitrogens with zero attached hydrogens (tertiary/aromatic N) is 1. The Morgan fingerprint density at radius 3 is 2.86 bits per heavy atom. The fraction of sp³-hybridized carbons (Fsp3) is 0.222. The summed E-state index contributed by atoms with van der Waals surface area (Å²) in [4.78, 5) is 21.3. The number of hydrogen-bond donors (Lipinski definition) is 0. The molecule has 0 saturated heterocycles. The zero-order valence-electron chi connectivity index (χ0n) is 7.07. The molecule has 0 heterocycles. The van der Waals surface area contributed by atoms with E-state index >= 15 is 0 Å². The number of ketones is 1. The maximum atomic E-state index is 11.4. The van der Waals surface area contributed by atoms with E-state index in [1.807, 2.05) is 0 Å². The minimum absolute atomic E-state index is 0.0668. The first-order valence-electron chi connectivity index (χ1n) is 4.05. The summed E-state index contributed by atoms with van der Waals surface area (Å²) in [5.41, 5.74) is 1.11. The maximum Gasteiger partial charge on any atom is 0.270 e. The van der Waals surface area contributed by atoms with Crippen molar-refractivity contribution in [3.63, 3.8) is 0 Å². The first-order chi connectivity index (χ1) is 6.59. The van der Waals surface area contributed by atoms with E-state index in [1.54, 1.807) is 6.07 Å². The molecular formula is C9H6ClNO3. The molecule has 0 N–H and O–H groups in total. The number of nitro groups is 1. The quantitative estimate of drug-likeness (QED) is 0.405. The van der Waals surface area contributed by atoms with Crippen LogP contribution in [0, 0.1) is 10.1 Å². The van der Waals surface area contributed by atoms with Gasteiger partial charge in [-0.15, -0.1) is 11.6 Å². The van der Waals surface area contributed by atoms with Crippen LogP contribution in [0.15, 0.2) is 18.2 Å². The van der Waals surface area contributed by atoms with E-state index < -0.39 is 10.3 Å². The lowest BCUT2D eigenvalue weighted by molar-refractivity contribution is -0.384. The number of nitro benzene ring substituents is 1. The number of carbonyl (C=O) groups is 1. The fourth-order valence-electron chi connectivity index (χ4n) is 1.54. The molecule has 1 aliphatic carbocycles. The average Bonchev–Trinajstić information content (AvgIpc) is 2.43. The van der Waals surface area contributed by atoms with Crippen LogP contribution in [0.1, 0.15) is 15.9 Å². The molecule has 0 aliphatic heterocycles. The van der Waals surface area contributed by atoms with Crippen molar-refractivity contribution < 1.29 is 9.72 Å². The Bertz CT molecular complexity index is 430. The van der Waals surface area contributed by atoms with E-state index in [1.165, 1.54) is 12.1 Å². The molecule has 0 radical (unpaired) electrons. The number of halogens is 1. The normalized spacial score (nSPS) is 19.5. The van der Waals surface area contributed by atoms with Gasteiger partial charge in [0.05, 0.1) is 4.92 Å². The molecule has 0 saturated carbocycles. The van der Waals surface area contributed by atoms with Gasteiger partial charge in [-0.2, -0.15) is 0 Å². The molecule has 0 aromatic heterocycles. The van der Waals surface area contributed by atoms with Gasteiger partial charge < -0.3 is 0 Å².